The van der Waals surface area contributed by atoms with Crippen LogP contribution in [0.25, 0.3) is 0 Å². The second kappa shape index (κ2) is 2.82. The van der Waals surface area contributed by atoms with E-state index >= 15 is 0 Å². The van der Waals surface area contributed by atoms with Crippen LogP contribution < -0.4 is 0 Å². The summed E-state index contributed by atoms with van der Waals surface area (Å²) in [4.78, 5) is 0. The summed E-state index contributed by atoms with van der Waals surface area (Å²) in [5.74, 6) is 0.234. The molecule has 1 aliphatic heterocycles. The lowest BCUT2D eigenvalue weighted by Crippen LogP contribution is -2.43. The Morgan fingerprint density at radius 3 is 2.69 bits per heavy atom. The van der Waals surface area contributed by atoms with Gasteiger partial charge in [0.05, 0.1) is 18.0 Å². The van der Waals surface area contributed by atoms with Gasteiger partial charge in [0.15, 0.2) is 0 Å². The third-order valence-electron chi connectivity index (χ3n) is 5.49. The van der Waals surface area contributed by atoms with Crippen molar-refractivity contribution in [2.45, 2.75) is 44.5 Å². The zero-order valence-corrected chi connectivity index (χ0v) is 10.5. The lowest BCUT2D eigenvalue weighted by Gasteiger charge is -2.35. The van der Waals surface area contributed by atoms with Crippen LogP contribution in [0.4, 0.5) is 0 Å². The van der Waals surface area contributed by atoms with Crippen LogP contribution in [-0.4, -0.2) is 31.5 Å². The molecule has 0 aromatic rings. The van der Waals surface area contributed by atoms with Crippen molar-refractivity contribution >= 4 is 10.1 Å². The first-order chi connectivity index (χ1) is 7.42. The highest BCUT2D eigenvalue weighted by atomic mass is 32.2. The summed E-state index contributed by atoms with van der Waals surface area (Å²) >= 11 is 0. The van der Waals surface area contributed by atoms with Gasteiger partial charge in [-0.2, -0.15) is 8.42 Å². The van der Waals surface area contributed by atoms with Crippen molar-refractivity contribution < 1.29 is 17.7 Å². The summed E-state index contributed by atoms with van der Waals surface area (Å²) in [6.07, 6.45) is 2.16. The zero-order valence-electron chi connectivity index (χ0n) is 9.64. The SMILES string of the molecule is CCC12CC3C(CO)(C1)C(OS3(=O)=O)C2C. The molecule has 1 heterocycles. The van der Waals surface area contributed by atoms with Crippen LogP contribution >= 0.6 is 0 Å². The van der Waals surface area contributed by atoms with E-state index in [1.165, 1.54) is 0 Å². The Bertz CT molecular complexity index is 431. The molecule has 5 atom stereocenters. The summed E-state index contributed by atoms with van der Waals surface area (Å²) in [6.45, 7) is 4.12. The van der Waals surface area contributed by atoms with Gasteiger partial charge in [0.1, 0.15) is 0 Å². The van der Waals surface area contributed by atoms with Gasteiger partial charge in [-0.25, -0.2) is 0 Å². The molecule has 0 spiro atoms. The highest BCUT2D eigenvalue weighted by Gasteiger charge is 2.76. The van der Waals surface area contributed by atoms with Crippen LogP contribution in [0.3, 0.4) is 0 Å². The lowest BCUT2D eigenvalue weighted by molar-refractivity contribution is 0.0229. The lowest BCUT2D eigenvalue weighted by atomic mass is 9.71. The van der Waals surface area contributed by atoms with Crippen LogP contribution in [0.1, 0.15) is 33.1 Å². The Labute approximate surface area is 96.1 Å². The van der Waals surface area contributed by atoms with Crippen molar-refractivity contribution in [3.05, 3.63) is 0 Å². The fourth-order valence-corrected chi connectivity index (χ4v) is 6.67. The van der Waals surface area contributed by atoms with Gasteiger partial charge in [0.25, 0.3) is 10.1 Å². The molecule has 3 rings (SSSR count). The molecule has 2 bridgehead atoms. The minimum atomic E-state index is -3.44. The molecular weight excluding hydrogens is 228 g/mol. The van der Waals surface area contributed by atoms with E-state index in [9.17, 15) is 13.5 Å². The van der Waals surface area contributed by atoms with Gasteiger partial charge >= 0.3 is 0 Å². The maximum Gasteiger partial charge on any atom is 0.271 e. The van der Waals surface area contributed by atoms with Crippen molar-refractivity contribution in [2.75, 3.05) is 6.61 Å². The molecule has 2 aliphatic carbocycles. The highest BCUT2D eigenvalue weighted by molar-refractivity contribution is 7.87. The average Bonchev–Trinajstić information content (AvgIpc) is 2.76. The zero-order chi connectivity index (χ0) is 11.8. The van der Waals surface area contributed by atoms with Gasteiger partial charge < -0.3 is 5.11 Å². The van der Waals surface area contributed by atoms with Crippen LogP contribution in [0.5, 0.6) is 0 Å². The second-order valence-corrected chi connectivity index (χ2v) is 7.52. The van der Waals surface area contributed by atoms with E-state index in [4.69, 9.17) is 4.18 Å². The normalized spacial score (nSPS) is 57.1. The largest absolute Gasteiger partial charge is 0.396 e. The van der Waals surface area contributed by atoms with Gasteiger partial charge in [-0.1, -0.05) is 20.3 Å². The number of hydrogen-bond acceptors (Lipinski definition) is 4. The van der Waals surface area contributed by atoms with Crippen LogP contribution in [0.15, 0.2) is 0 Å². The Balaban J connectivity index is 2.17. The first kappa shape index (κ1) is 11.0. The smallest absolute Gasteiger partial charge is 0.271 e. The van der Waals surface area contributed by atoms with Crippen molar-refractivity contribution in [3.63, 3.8) is 0 Å². The van der Waals surface area contributed by atoms with E-state index in [0.29, 0.717) is 6.42 Å². The highest BCUT2D eigenvalue weighted by Crippen LogP contribution is 2.71. The van der Waals surface area contributed by atoms with Crippen LogP contribution in [0.2, 0.25) is 0 Å². The summed E-state index contributed by atoms with van der Waals surface area (Å²) in [5.41, 5.74) is -0.435. The molecule has 2 saturated carbocycles. The van der Waals surface area contributed by atoms with E-state index in [0.717, 1.165) is 12.8 Å². The third kappa shape index (κ3) is 0.924. The van der Waals surface area contributed by atoms with Gasteiger partial charge in [0.2, 0.25) is 0 Å². The van der Waals surface area contributed by atoms with Crippen molar-refractivity contribution in [1.29, 1.82) is 0 Å². The molecule has 3 aliphatic rings. The molecule has 1 saturated heterocycles. The molecule has 5 heteroatoms. The molecular formula is C11H18O4S. The van der Waals surface area contributed by atoms with Crippen LogP contribution in [-0.2, 0) is 14.3 Å². The number of fused-ring (bicyclic) bond motifs is 1. The molecule has 3 fully saturated rings. The maximum absolute atomic E-state index is 11.9. The molecule has 0 radical (unpaired) electrons. The van der Waals surface area contributed by atoms with E-state index in [1.54, 1.807) is 0 Å². The van der Waals surface area contributed by atoms with E-state index < -0.39 is 20.8 Å². The molecule has 4 nitrogen and oxygen atoms in total. The monoisotopic (exact) mass is 246 g/mol. The van der Waals surface area contributed by atoms with Crippen LogP contribution in [0, 0.1) is 16.7 Å². The Hall–Kier alpha value is -0.130. The molecule has 1 N–H and O–H groups in total. The summed E-state index contributed by atoms with van der Waals surface area (Å²) in [6, 6.07) is 0. The van der Waals surface area contributed by atoms with Gasteiger partial charge in [-0.05, 0) is 24.2 Å². The summed E-state index contributed by atoms with van der Waals surface area (Å²) < 4.78 is 29.1. The summed E-state index contributed by atoms with van der Waals surface area (Å²) in [7, 11) is -3.44. The standard InChI is InChI=1S/C11H18O4S/c1-3-10-4-8-11(5-10,6-12)9(7(10)2)15-16(8,13)14/h7-9,12H,3-6H2,1-2H3. The first-order valence-electron chi connectivity index (χ1n) is 5.95. The molecule has 0 aromatic carbocycles. The van der Waals surface area contributed by atoms with E-state index in [1.807, 2.05) is 0 Å². The quantitative estimate of drug-likeness (QED) is 0.735. The van der Waals surface area contributed by atoms with Crippen molar-refractivity contribution in [3.8, 4) is 0 Å². The van der Waals surface area contributed by atoms with Gasteiger partial charge in [-0.3, -0.25) is 4.18 Å². The fraction of sp³-hybridized carbons (Fsp3) is 1.00. The molecule has 5 unspecified atom stereocenters. The number of hydrogen-bond donors (Lipinski definition) is 1. The second-order valence-electron chi connectivity index (χ2n) is 5.78. The van der Waals surface area contributed by atoms with Crippen molar-refractivity contribution in [2.24, 2.45) is 16.7 Å². The maximum atomic E-state index is 11.9. The number of rotatable bonds is 2. The molecule has 0 amide bonds. The minimum absolute atomic E-state index is 0.0619. The predicted molar refractivity (Wildman–Crippen MR) is 58.2 cm³/mol. The molecule has 0 aromatic heterocycles. The average molecular weight is 246 g/mol. The Morgan fingerprint density at radius 1 is 1.50 bits per heavy atom. The van der Waals surface area contributed by atoms with Gasteiger partial charge in [-0.15, -0.1) is 0 Å². The fourth-order valence-electron chi connectivity index (χ4n) is 4.48. The number of aliphatic hydroxyl groups is 1. The minimum Gasteiger partial charge on any atom is -0.396 e. The van der Waals surface area contributed by atoms with E-state index in [2.05, 4.69) is 13.8 Å². The molecule has 16 heavy (non-hydrogen) atoms. The predicted octanol–water partition coefficient (Wildman–Crippen LogP) is 0.902. The van der Waals surface area contributed by atoms with E-state index in [-0.39, 0.29) is 24.0 Å². The molecule has 92 valence electrons. The number of aliphatic hydroxyl groups excluding tert-OH is 1. The topological polar surface area (TPSA) is 63.6 Å². The first-order valence-corrected chi connectivity index (χ1v) is 7.42. The van der Waals surface area contributed by atoms with Crippen molar-refractivity contribution in [1.82, 2.24) is 0 Å². The third-order valence-corrected chi connectivity index (χ3v) is 7.29. The Morgan fingerprint density at radius 2 is 2.19 bits per heavy atom. The Kier molecular flexibility index (Phi) is 1.93. The summed E-state index contributed by atoms with van der Waals surface area (Å²) in [5, 5.41) is 9.17. The van der Waals surface area contributed by atoms with Gasteiger partial charge in [0, 0.05) is 5.41 Å².